The molecule has 0 bridgehead atoms. The summed E-state index contributed by atoms with van der Waals surface area (Å²) in [7, 11) is 0. The maximum atomic E-state index is 12.5. The molecule has 5 nitrogen and oxygen atoms in total. The van der Waals surface area contributed by atoms with Gasteiger partial charge in [0.15, 0.2) is 3.95 Å². The van der Waals surface area contributed by atoms with Gasteiger partial charge in [0.05, 0.1) is 10.7 Å². The third-order valence-corrected chi connectivity index (χ3v) is 4.91. The van der Waals surface area contributed by atoms with Crippen molar-refractivity contribution in [2.75, 3.05) is 16.8 Å². The zero-order chi connectivity index (χ0) is 17.8. The fraction of sp³-hybridized carbons (Fsp3) is 0.0625. The largest absolute Gasteiger partial charge is 0.323 e. The predicted octanol–water partition coefficient (Wildman–Crippen LogP) is 5.28. The van der Waals surface area contributed by atoms with E-state index in [2.05, 4.69) is 15.5 Å². The van der Waals surface area contributed by atoms with Gasteiger partial charge in [0.2, 0.25) is 11.0 Å². The number of benzene rings is 2. The Morgan fingerprint density at radius 1 is 1.24 bits per heavy atom. The molecule has 3 aromatic rings. The van der Waals surface area contributed by atoms with E-state index in [1.54, 1.807) is 23.1 Å². The maximum Gasteiger partial charge on any atom is 0.244 e. The number of aromatic amines is 1. The van der Waals surface area contributed by atoms with Crippen LogP contribution in [0.4, 0.5) is 16.5 Å². The number of H-pyrrole nitrogens is 1. The lowest BCUT2D eigenvalue weighted by molar-refractivity contribution is -0.114. The van der Waals surface area contributed by atoms with Crippen LogP contribution in [-0.4, -0.2) is 22.6 Å². The fourth-order valence-electron chi connectivity index (χ4n) is 2.14. The first kappa shape index (κ1) is 17.9. The van der Waals surface area contributed by atoms with Gasteiger partial charge in [-0.25, -0.2) is 0 Å². The monoisotopic (exact) mass is 410 g/mol. The van der Waals surface area contributed by atoms with Crippen LogP contribution in [0.3, 0.4) is 0 Å². The van der Waals surface area contributed by atoms with E-state index in [4.69, 9.17) is 35.4 Å². The molecule has 2 aromatic carbocycles. The SMILES string of the molecule is O=C(CN(c1ccccc1)c1n[nH]c(=S)s1)Nc1cc(Cl)ccc1Cl. The van der Waals surface area contributed by atoms with Crippen molar-refractivity contribution in [2.24, 2.45) is 0 Å². The van der Waals surface area contributed by atoms with Crippen LogP contribution in [0.15, 0.2) is 48.5 Å². The quantitative estimate of drug-likeness (QED) is 0.561. The summed E-state index contributed by atoms with van der Waals surface area (Å²) in [6.07, 6.45) is 0. The smallest absolute Gasteiger partial charge is 0.244 e. The first-order chi connectivity index (χ1) is 12.0. The average molecular weight is 411 g/mol. The molecule has 0 spiro atoms. The molecule has 0 aliphatic rings. The van der Waals surface area contributed by atoms with Crippen molar-refractivity contribution in [3.05, 3.63) is 62.5 Å². The highest BCUT2D eigenvalue weighted by atomic mass is 35.5. The van der Waals surface area contributed by atoms with Crippen molar-refractivity contribution < 1.29 is 4.79 Å². The number of carbonyl (C=O) groups excluding carboxylic acids is 1. The second kappa shape index (κ2) is 7.97. The van der Waals surface area contributed by atoms with Crippen molar-refractivity contribution in [1.82, 2.24) is 10.2 Å². The molecule has 1 aromatic heterocycles. The molecule has 0 aliphatic heterocycles. The lowest BCUT2D eigenvalue weighted by Crippen LogP contribution is -2.29. The number of aromatic nitrogens is 2. The molecule has 128 valence electrons. The van der Waals surface area contributed by atoms with Gasteiger partial charge in [-0.05, 0) is 42.5 Å². The van der Waals surface area contributed by atoms with Crippen LogP contribution in [0.5, 0.6) is 0 Å². The summed E-state index contributed by atoms with van der Waals surface area (Å²) in [5.41, 5.74) is 1.29. The van der Waals surface area contributed by atoms with E-state index < -0.39 is 0 Å². The number of hydrogen-bond acceptors (Lipinski definition) is 5. The first-order valence-electron chi connectivity index (χ1n) is 7.16. The minimum atomic E-state index is -0.255. The molecule has 25 heavy (non-hydrogen) atoms. The number of amides is 1. The number of nitrogens with zero attached hydrogens (tertiary/aromatic N) is 2. The van der Waals surface area contributed by atoms with Gasteiger partial charge in [-0.2, -0.15) is 0 Å². The van der Waals surface area contributed by atoms with Crippen molar-refractivity contribution in [2.45, 2.75) is 0 Å². The zero-order valence-electron chi connectivity index (χ0n) is 12.7. The summed E-state index contributed by atoms with van der Waals surface area (Å²) in [5, 5.41) is 11.2. The van der Waals surface area contributed by atoms with Gasteiger partial charge in [0.25, 0.3) is 0 Å². The van der Waals surface area contributed by atoms with Gasteiger partial charge < -0.3 is 10.2 Å². The maximum absolute atomic E-state index is 12.5. The predicted molar refractivity (Wildman–Crippen MR) is 106 cm³/mol. The molecule has 9 heteroatoms. The number of rotatable bonds is 5. The third kappa shape index (κ3) is 4.58. The molecular formula is C16H12Cl2N4OS2. The van der Waals surface area contributed by atoms with Gasteiger partial charge >= 0.3 is 0 Å². The Kier molecular flexibility index (Phi) is 5.70. The molecule has 3 rings (SSSR count). The topological polar surface area (TPSA) is 61.0 Å². The lowest BCUT2D eigenvalue weighted by Gasteiger charge is -2.21. The van der Waals surface area contributed by atoms with E-state index in [0.717, 1.165) is 5.69 Å². The van der Waals surface area contributed by atoms with Crippen LogP contribution in [-0.2, 0) is 4.79 Å². The van der Waals surface area contributed by atoms with Crippen molar-refractivity contribution in [3.63, 3.8) is 0 Å². The molecule has 0 fully saturated rings. The fourth-order valence-corrected chi connectivity index (χ4v) is 3.38. The summed E-state index contributed by atoms with van der Waals surface area (Å²) in [6.45, 7) is 0.0446. The Balaban J connectivity index is 1.84. The van der Waals surface area contributed by atoms with Gasteiger partial charge in [0.1, 0.15) is 6.54 Å². The molecule has 0 atom stereocenters. The molecule has 0 saturated carbocycles. The normalized spacial score (nSPS) is 10.5. The minimum Gasteiger partial charge on any atom is -0.323 e. The molecule has 0 radical (unpaired) electrons. The van der Waals surface area contributed by atoms with E-state index in [0.29, 0.717) is 24.8 Å². The summed E-state index contributed by atoms with van der Waals surface area (Å²) < 4.78 is 0.536. The molecule has 0 unspecified atom stereocenters. The summed E-state index contributed by atoms with van der Waals surface area (Å²) in [5.74, 6) is -0.255. The molecule has 2 N–H and O–H groups in total. The highest BCUT2D eigenvalue weighted by Gasteiger charge is 2.17. The average Bonchev–Trinajstić information content (AvgIpc) is 3.03. The lowest BCUT2D eigenvalue weighted by atomic mass is 10.3. The Hall–Kier alpha value is -1.93. The third-order valence-electron chi connectivity index (χ3n) is 3.23. The Morgan fingerprint density at radius 3 is 2.68 bits per heavy atom. The highest BCUT2D eigenvalue weighted by molar-refractivity contribution is 7.73. The van der Waals surface area contributed by atoms with Crippen LogP contribution < -0.4 is 10.2 Å². The molecule has 0 saturated heterocycles. The van der Waals surface area contributed by atoms with Crippen LogP contribution in [0.25, 0.3) is 0 Å². The molecule has 0 aliphatic carbocycles. The van der Waals surface area contributed by atoms with E-state index in [-0.39, 0.29) is 12.5 Å². The molecule has 1 amide bonds. The van der Waals surface area contributed by atoms with Gasteiger partial charge in [-0.1, -0.05) is 52.7 Å². The Bertz CT molecular complexity index is 943. The number of hydrogen-bond donors (Lipinski definition) is 2. The number of halogens is 2. The number of anilines is 3. The Morgan fingerprint density at radius 2 is 2.00 bits per heavy atom. The van der Waals surface area contributed by atoms with Crippen molar-refractivity contribution in [3.8, 4) is 0 Å². The molecule has 1 heterocycles. The van der Waals surface area contributed by atoms with Crippen molar-refractivity contribution in [1.29, 1.82) is 0 Å². The zero-order valence-corrected chi connectivity index (χ0v) is 15.8. The van der Waals surface area contributed by atoms with Crippen LogP contribution in [0.2, 0.25) is 10.0 Å². The van der Waals surface area contributed by atoms with E-state index >= 15 is 0 Å². The summed E-state index contributed by atoms with van der Waals surface area (Å²) in [4.78, 5) is 14.3. The van der Waals surface area contributed by atoms with Crippen LogP contribution >= 0.6 is 46.8 Å². The Labute approximate surface area is 163 Å². The van der Waals surface area contributed by atoms with E-state index in [9.17, 15) is 4.79 Å². The summed E-state index contributed by atoms with van der Waals surface area (Å²) >= 11 is 18.4. The van der Waals surface area contributed by atoms with Gasteiger partial charge in [-0.15, -0.1) is 5.10 Å². The van der Waals surface area contributed by atoms with Crippen molar-refractivity contribution >= 4 is 69.2 Å². The van der Waals surface area contributed by atoms with E-state index in [1.165, 1.54) is 11.3 Å². The van der Waals surface area contributed by atoms with Crippen LogP contribution in [0, 0.1) is 3.95 Å². The van der Waals surface area contributed by atoms with Gasteiger partial charge in [-0.3, -0.25) is 9.89 Å². The minimum absolute atomic E-state index is 0.0446. The second-order valence-corrected chi connectivity index (χ2v) is 7.48. The summed E-state index contributed by atoms with van der Waals surface area (Å²) in [6, 6.07) is 14.4. The van der Waals surface area contributed by atoms with Crippen LogP contribution in [0.1, 0.15) is 0 Å². The van der Waals surface area contributed by atoms with Gasteiger partial charge in [0, 0.05) is 10.7 Å². The highest BCUT2D eigenvalue weighted by Crippen LogP contribution is 2.28. The standard InChI is InChI=1S/C16H12Cl2N4OS2/c17-10-6-7-12(18)13(8-10)19-14(23)9-22(11-4-2-1-3-5-11)15-20-21-16(24)25-15/h1-8H,9H2,(H,19,23)(H,21,24). The second-order valence-electron chi connectivity index (χ2n) is 4.99. The van der Waals surface area contributed by atoms with E-state index in [1.807, 2.05) is 30.3 Å². The first-order valence-corrected chi connectivity index (χ1v) is 9.14. The number of carbonyl (C=O) groups is 1. The number of para-hydroxylation sites is 1. The number of nitrogens with one attached hydrogen (secondary N) is 2. The molecular weight excluding hydrogens is 399 g/mol.